The summed E-state index contributed by atoms with van der Waals surface area (Å²) in [6.07, 6.45) is 1.41. The van der Waals surface area contributed by atoms with Gasteiger partial charge in [0.05, 0.1) is 0 Å². The minimum Gasteiger partial charge on any atom is -0.508 e. The first-order valence-corrected chi connectivity index (χ1v) is 5.80. The Labute approximate surface area is 109 Å². The summed E-state index contributed by atoms with van der Waals surface area (Å²) in [5.41, 5.74) is 2.51. The fourth-order valence-corrected chi connectivity index (χ4v) is 1.87. The summed E-state index contributed by atoms with van der Waals surface area (Å²) in [6, 6.07) is 11.5. The maximum absolute atomic E-state index is 10.5. The zero-order valence-electron chi connectivity index (χ0n) is 10.1. The molecule has 2 rings (SSSR count). The molecule has 0 aliphatic heterocycles. The molecule has 0 saturated heterocycles. The van der Waals surface area contributed by atoms with E-state index in [-0.39, 0.29) is 11.4 Å². The topological polar surface area (TPSA) is 79.1 Å². The number of hydrogen-bond donors (Lipinski definition) is 1. The number of aryl methyl sites for hydroxylation is 2. The molecule has 0 heterocycles. The highest BCUT2D eigenvalue weighted by Gasteiger charge is 2.02. The Morgan fingerprint density at radius 3 is 2.05 bits per heavy atom. The third-order valence-electron chi connectivity index (χ3n) is 2.81. The summed E-state index contributed by atoms with van der Waals surface area (Å²) < 4.78 is 0. The summed E-state index contributed by atoms with van der Waals surface area (Å²) in [7, 11) is 0. The quantitative estimate of drug-likeness (QED) is 0.822. The predicted octanol–water partition coefficient (Wildman–Crippen LogP) is 3.97. The van der Waals surface area contributed by atoms with Crippen LogP contribution in [0.15, 0.2) is 52.8 Å². The number of benzene rings is 2. The molecule has 2 aromatic carbocycles. The van der Waals surface area contributed by atoms with E-state index in [2.05, 4.69) is 10.4 Å². The van der Waals surface area contributed by atoms with Gasteiger partial charge in [0.2, 0.25) is 0 Å². The first-order valence-electron chi connectivity index (χ1n) is 5.80. The van der Waals surface area contributed by atoms with Crippen LogP contribution in [-0.2, 0) is 12.8 Å². The van der Waals surface area contributed by atoms with E-state index in [1.807, 2.05) is 12.1 Å². The highest BCUT2D eigenvalue weighted by molar-refractivity contribution is 5.46. The van der Waals surface area contributed by atoms with Crippen LogP contribution in [0.3, 0.4) is 0 Å². The average molecular weight is 256 g/mol. The number of hydrogen-bond acceptors (Lipinski definition) is 5. The van der Waals surface area contributed by atoms with Crippen LogP contribution >= 0.6 is 0 Å². The summed E-state index contributed by atoms with van der Waals surface area (Å²) in [5, 5.41) is 15.1. The highest BCUT2D eigenvalue weighted by Crippen LogP contribution is 2.23. The van der Waals surface area contributed by atoms with Crippen molar-refractivity contribution in [3.63, 3.8) is 0 Å². The fraction of sp³-hybridized carbons (Fsp3) is 0.143. The summed E-state index contributed by atoms with van der Waals surface area (Å²) in [5.74, 6) is 0.0348. The van der Waals surface area contributed by atoms with Gasteiger partial charge in [-0.3, -0.25) is 0 Å². The normalized spacial score (nSPS) is 10.1. The summed E-state index contributed by atoms with van der Waals surface area (Å²) >= 11 is 0. The maximum atomic E-state index is 10.5. The van der Waals surface area contributed by atoms with Gasteiger partial charge in [-0.25, -0.2) is 0 Å². The minimum atomic E-state index is 0.0348. The van der Waals surface area contributed by atoms with Gasteiger partial charge < -0.3 is 5.11 Å². The molecule has 0 bridgehead atoms. The molecule has 96 valence electrons. The lowest BCUT2D eigenvalue weighted by Crippen LogP contribution is -1.90. The van der Waals surface area contributed by atoms with Crippen molar-refractivity contribution in [2.45, 2.75) is 12.8 Å². The molecule has 0 aromatic heterocycles. The van der Waals surface area contributed by atoms with Crippen molar-refractivity contribution in [1.82, 2.24) is 0 Å². The van der Waals surface area contributed by atoms with E-state index in [1.54, 1.807) is 24.3 Å². The smallest absolute Gasteiger partial charge is 0.118 e. The van der Waals surface area contributed by atoms with Gasteiger partial charge in [0.15, 0.2) is 0 Å². The SMILES string of the molecule is O=Nc1ccc(CCc2cc(O)cc(N=O)c2)cc1. The van der Waals surface area contributed by atoms with E-state index in [0.29, 0.717) is 12.1 Å². The third-order valence-corrected chi connectivity index (χ3v) is 2.81. The Bertz CT molecular complexity index is 594. The molecule has 5 heteroatoms. The van der Waals surface area contributed by atoms with Crippen molar-refractivity contribution in [3.8, 4) is 5.75 Å². The number of nitroso groups, excluding NO2 is 2. The fourth-order valence-electron chi connectivity index (χ4n) is 1.87. The molecule has 19 heavy (non-hydrogen) atoms. The van der Waals surface area contributed by atoms with E-state index in [1.165, 1.54) is 6.07 Å². The van der Waals surface area contributed by atoms with E-state index in [9.17, 15) is 14.9 Å². The van der Waals surface area contributed by atoms with Crippen LogP contribution in [0.4, 0.5) is 11.4 Å². The molecule has 2 aromatic rings. The van der Waals surface area contributed by atoms with Crippen molar-refractivity contribution in [1.29, 1.82) is 0 Å². The standard InChI is InChI=1S/C14H12N2O3/c17-14-8-11(7-13(9-14)16-19)2-1-10-3-5-12(15-18)6-4-10/h3-9,17H,1-2H2. The molecular weight excluding hydrogens is 244 g/mol. The maximum Gasteiger partial charge on any atom is 0.118 e. The molecule has 5 nitrogen and oxygen atoms in total. The van der Waals surface area contributed by atoms with Crippen LogP contribution in [0, 0.1) is 9.81 Å². The molecule has 0 aliphatic carbocycles. The van der Waals surface area contributed by atoms with E-state index >= 15 is 0 Å². The van der Waals surface area contributed by atoms with Gasteiger partial charge in [-0.1, -0.05) is 12.1 Å². The Morgan fingerprint density at radius 1 is 0.789 bits per heavy atom. The average Bonchev–Trinajstić information content (AvgIpc) is 2.45. The van der Waals surface area contributed by atoms with E-state index in [4.69, 9.17) is 0 Å². The molecule has 0 unspecified atom stereocenters. The third kappa shape index (κ3) is 3.45. The summed E-state index contributed by atoms with van der Waals surface area (Å²) in [4.78, 5) is 20.7. The largest absolute Gasteiger partial charge is 0.508 e. The van der Waals surface area contributed by atoms with Gasteiger partial charge in [0.1, 0.15) is 17.1 Å². The van der Waals surface area contributed by atoms with E-state index < -0.39 is 0 Å². The lowest BCUT2D eigenvalue weighted by Gasteiger charge is -2.04. The Morgan fingerprint density at radius 2 is 1.42 bits per heavy atom. The van der Waals surface area contributed by atoms with Crippen molar-refractivity contribution >= 4 is 11.4 Å². The van der Waals surface area contributed by atoms with Gasteiger partial charge in [0.25, 0.3) is 0 Å². The van der Waals surface area contributed by atoms with Crippen LogP contribution in [0.1, 0.15) is 11.1 Å². The number of phenolic OH excluding ortho intramolecular Hbond substituents is 1. The van der Waals surface area contributed by atoms with Crippen LogP contribution in [-0.4, -0.2) is 5.11 Å². The van der Waals surface area contributed by atoms with Crippen molar-refractivity contribution < 1.29 is 5.11 Å². The molecule has 0 fully saturated rings. The summed E-state index contributed by atoms with van der Waals surface area (Å²) in [6.45, 7) is 0. The predicted molar refractivity (Wildman–Crippen MR) is 72.9 cm³/mol. The Kier molecular flexibility index (Phi) is 3.97. The van der Waals surface area contributed by atoms with Gasteiger partial charge in [-0.2, -0.15) is 0 Å². The van der Waals surface area contributed by atoms with Crippen LogP contribution < -0.4 is 0 Å². The van der Waals surface area contributed by atoms with Gasteiger partial charge in [0, 0.05) is 6.07 Å². The van der Waals surface area contributed by atoms with Crippen LogP contribution in [0.25, 0.3) is 0 Å². The minimum absolute atomic E-state index is 0.0348. The lowest BCUT2D eigenvalue weighted by atomic mass is 10.0. The molecule has 0 aliphatic rings. The monoisotopic (exact) mass is 256 g/mol. The Balaban J connectivity index is 2.07. The number of rotatable bonds is 5. The van der Waals surface area contributed by atoms with Crippen molar-refractivity contribution in [3.05, 3.63) is 63.4 Å². The molecule has 0 amide bonds. The second-order valence-corrected chi connectivity index (χ2v) is 4.21. The molecule has 0 radical (unpaired) electrons. The van der Waals surface area contributed by atoms with Crippen molar-refractivity contribution in [2.75, 3.05) is 0 Å². The second kappa shape index (κ2) is 5.86. The molecule has 0 atom stereocenters. The van der Waals surface area contributed by atoms with Crippen LogP contribution in [0.5, 0.6) is 5.75 Å². The van der Waals surface area contributed by atoms with Crippen LogP contribution in [0.2, 0.25) is 0 Å². The molecular formula is C14H12N2O3. The van der Waals surface area contributed by atoms with E-state index in [0.717, 1.165) is 17.5 Å². The molecule has 1 N–H and O–H groups in total. The first kappa shape index (κ1) is 12.9. The second-order valence-electron chi connectivity index (χ2n) is 4.21. The Hall–Kier alpha value is -2.56. The van der Waals surface area contributed by atoms with Gasteiger partial charge in [-0.15, -0.1) is 9.81 Å². The lowest BCUT2D eigenvalue weighted by molar-refractivity contribution is 0.474. The number of aromatic hydroxyl groups is 1. The molecule has 0 saturated carbocycles. The highest BCUT2D eigenvalue weighted by atomic mass is 16.3. The van der Waals surface area contributed by atoms with Gasteiger partial charge in [-0.05, 0) is 58.6 Å². The number of nitrogens with zero attached hydrogens (tertiary/aromatic N) is 2. The number of phenols is 1. The van der Waals surface area contributed by atoms with Crippen molar-refractivity contribution in [2.24, 2.45) is 10.4 Å². The molecule has 0 spiro atoms. The first-order chi connectivity index (χ1) is 9.21. The zero-order chi connectivity index (χ0) is 13.7. The zero-order valence-corrected chi connectivity index (χ0v) is 10.1. The van der Waals surface area contributed by atoms with Gasteiger partial charge >= 0.3 is 0 Å².